The summed E-state index contributed by atoms with van der Waals surface area (Å²) in [7, 11) is 0. The van der Waals surface area contributed by atoms with Crippen molar-refractivity contribution in [2.24, 2.45) is 16.7 Å². The molecule has 21 heavy (non-hydrogen) atoms. The Morgan fingerprint density at radius 3 is 2.57 bits per heavy atom. The highest BCUT2D eigenvalue weighted by molar-refractivity contribution is 5.14. The van der Waals surface area contributed by atoms with Crippen LogP contribution in [0.2, 0.25) is 0 Å². The Labute approximate surface area is 128 Å². The minimum Gasteiger partial charge on any atom is -0.370 e. The molecule has 2 aliphatic heterocycles. The van der Waals surface area contributed by atoms with Gasteiger partial charge < -0.3 is 14.2 Å². The Morgan fingerprint density at radius 1 is 1.10 bits per heavy atom. The number of fused-ring (bicyclic) bond motifs is 4. The molecule has 0 unspecified atom stereocenters. The quantitative estimate of drug-likeness (QED) is 0.690. The van der Waals surface area contributed by atoms with Gasteiger partial charge in [0.25, 0.3) is 0 Å². The second kappa shape index (κ2) is 4.56. The van der Waals surface area contributed by atoms with Gasteiger partial charge in [-0.1, -0.05) is 19.9 Å². The van der Waals surface area contributed by atoms with Gasteiger partial charge in [0, 0.05) is 17.3 Å². The molecule has 1 spiro atoms. The zero-order chi connectivity index (χ0) is 14.7. The zero-order valence-corrected chi connectivity index (χ0v) is 13.4. The number of hydrogen-bond donors (Lipinski definition) is 0. The van der Waals surface area contributed by atoms with Crippen LogP contribution in [0.5, 0.6) is 0 Å². The Kier molecular flexibility index (Phi) is 3.09. The lowest BCUT2D eigenvalue weighted by Gasteiger charge is -2.61. The molecule has 4 aliphatic rings. The highest BCUT2D eigenvalue weighted by atomic mass is 16.7. The molecule has 2 heterocycles. The van der Waals surface area contributed by atoms with Gasteiger partial charge in [0.1, 0.15) is 0 Å². The summed E-state index contributed by atoms with van der Waals surface area (Å²) >= 11 is 0. The van der Waals surface area contributed by atoms with Crippen LogP contribution in [0, 0.1) is 16.7 Å². The van der Waals surface area contributed by atoms with Crippen molar-refractivity contribution < 1.29 is 14.2 Å². The Morgan fingerprint density at radius 2 is 1.86 bits per heavy atom. The van der Waals surface area contributed by atoms with Crippen molar-refractivity contribution in [3.63, 3.8) is 0 Å². The summed E-state index contributed by atoms with van der Waals surface area (Å²) in [6.07, 6.45) is 9.55. The molecule has 0 aromatic carbocycles. The highest BCUT2D eigenvalue weighted by Crippen LogP contribution is 2.66. The minimum absolute atomic E-state index is 0.131. The SMILES string of the molecule is C=C[C@@H]1C[C@]2(C)[C@H](CC[C@@]3(C)[C@H]2CCCC32OCCO2)O1. The largest absolute Gasteiger partial charge is 0.370 e. The smallest absolute Gasteiger partial charge is 0.174 e. The lowest BCUT2D eigenvalue weighted by atomic mass is 9.48. The maximum absolute atomic E-state index is 6.26. The van der Waals surface area contributed by atoms with Gasteiger partial charge in [0.05, 0.1) is 25.4 Å². The molecule has 0 aromatic heterocycles. The normalized spacial score (nSPS) is 51.6. The van der Waals surface area contributed by atoms with Crippen LogP contribution in [0.1, 0.15) is 52.4 Å². The molecular weight excluding hydrogens is 264 g/mol. The first-order valence-electron chi connectivity index (χ1n) is 8.60. The Hall–Kier alpha value is -0.380. The van der Waals surface area contributed by atoms with E-state index in [1.54, 1.807) is 0 Å². The summed E-state index contributed by atoms with van der Waals surface area (Å²) < 4.78 is 18.7. The average molecular weight is 292 g/mol. The summed E-state index contributed by atoms with van der Waals surface area (Å²) in [5, 5.41) is 0. The van der Waals surface area contributed by atoms with E-state index >= 15 is 0 Å². The van der Waals surface area contributed by atoms with Crippen molar-refractivity contribution in [2.75, 3.05) is 13.2 Å². The van der Waals surface area contributed by atoms with Crippen molar-refractivity contribution in [1.82, 2.24) is 0 Å². The van der Waals surface area contributed by atoms with Crippen LogP contribution in [-0.2, 0) is 14.2 Å². The predicted octanol–water partition coefficient (Wildman–Crippen LogP) is 3.68. The van der Waals surface area contributed by atoms with Crippen LogP contribution < -0.4 is 0 Å². The lowest BCUT2D eigenvalue weighted by molar-refractivity contribution is -0.297. The van der Waals surface area contributed by atoms with E-state index in [2.05, 4.69) is 20.4 Å². The van der Waals surface area contributed by atoms with Gasteiger partial charge in [-0.2, -0.15) is 0 Å². The van der Waals surface area contributed by atoms with Gasteiger partial charge in [-0.15, -0.1) is 6.58 Å². The van der Waals surface area contributed by atoms with Crippen LogP contribution in [-0.4, -0.2) is 31.2 Å². The fourth-order valence-electron chi connectivity index (χ4n) is 6.07. The van der Waals surface area contributed by atoms with Crippen LogP contribution in [0.4, 0.5) is 0 Å². The molecule has 2 saturated carbocycles. The van der Waals surface area contributed by atoms with Gasteiger partial charge in [-0.3, -0.25) is 0 Å². The third-order valence-corrected chi connectivity index (χ3v) is 7.09. The van der Waals surface area contributed by atoms with E-state index in [1.807, 2.05) is 6.08 Å². The van der Waals surface area contributed by atoms with Crippen molar-refractivity contribution in [1.29, 1.82) is 0 Å². The maximum Gasteiger partial charge on any atom is 0.174 e. The third kappa shape index (κ3) is 1.71. The third-order valence-electron chi connectivity index (χ3n) is 7.09. The Balaban J connectivity index is 1.72. The van der Waals surface area contributed by atoms with Crippen LogP contribution in [0.25, 0.3) is 0 Å². The molecule has 3 heteroatoms. The average Bonchev–Trinajstić information content (AvgIpc) is 3.06. The first kappa shape index (κ1) is 14.2. The van der Waals surface area contributed by atoms with E-state index in [0.717, 1.165) is 38.9 Å². The minimum atomic E-state index is -0.323. The van der Waals surface area contributed by atoms with Crippen LogP contribution >= 0.6 is 0 Å². The summed E-state index contributed by atoms with van der Waals surface area (Å²) in [6, 6.07) is 0. The van der Waals surface area contributed by atoms with E-state index in [1.165, 1.54) is 12.8 Å². The first-order valence-corrected chi connectivity index (χ1v) is 8.60. The summed E-state index contributed by atoms with van der Waals surface area (Å²) in [4.78, 5) is 0. The van der Waals surface area contributed by atoms with Gasteiger partial charge in [-0.05, 0) is 38.0 Å². The fraction of sp³-hybridized carbons (Fsp3) is 0.889. The molecule has 4 fully saturated rings. The Bertz CT molecular complexity index is 442. The number of ether oxygens (including phenoxy) is 3. The zero-order valence-electron chi connectivity index (χ0n) is 13.4. The standard InChI is InChI=1S/C18H28O3/c1-4-13-12-16(2)14-6-5-8-18(19-10-11-20-18)17(14,3)9-7-15(16)21-13/h4,13-15H,1,5-12H2,2-3H3/t13-,14+,15+,16+,17+/m1/s1. The number of hydrogen-bond acceptors (Lipinski definition) is 3. The van der Waals surface area contributed by atoms with E-state index in [9.17, 15) is 0 Å². The first-order chi connectivity index (χ1) is 10.0. The van der Waals surface area contributed by atoms with Gasteiger partial charge in [-0.25, -0.2) is 0 Å². The maximum atomic E-state index is 6.26. The van der Waals surface area contributed by atoms with Gasteiger partial charge in [0.2, 0.25) is 0 Å². The molecule has 5 atom stereocenters. The predicted molar refractivity (Wildman–Crippen MR) is 80.9 cm³/mol. The molecule has 118 valence electrons. The van der Waals surface area contributed by atoms with E-state index in [4.69, 9.17) is 14.2 Å². The second-order valence-corrected chi connectivity index (χ2v) is 7.96. The molecule has 2 aliphatic carbocycles. The number of rotatable bonds is 1. The van der Waals surface area contributed by atoms with E-state index in [0.29, 0.717) is 12.0 Å². The fourth-order valence-corrected chi connectivity index (χ4v) is 6.07. The second-order valence-electron chi connectivity index (χ2n) is 7.96. The molecule has 4 rings (SSSR count). The van der Waals surface area contributed by atoms with E-state index < -0.39 is 0 Å². The molecule has 0 aromatic rings. The molecule has 0 amide bonds. The van der Waals surface area contributed by atoms with Gasteiger partial charge >= 0.3 is 0 Å². The molecule has 0 radical (unpaired) electrons. The topological polar surface area (TPSA) is 27.7 Å². The molecule has 0 bridgehead atoms. The molecular formula is C18H28O3. The summed E-state index contributed by atoms with van der Waals surface area (Å²) in [5.41, 5.74) is 0.376. The van der Waals surface area contributed by atoms with Crippen molar-refractivity contribution >= 4 is 0 Å². The van der Waals surface area contributed by atoms with Crippen molar-refractivity contribution in [3.05, 3.63) is 12.7 Å². The molecule has 0 N–H and O–H groups in total. The van der Waals surface area contributed by atoms with Crippen molar-refractivity contribution in [3.8, 4) is 0 Å². The molecule has 3 nitrogen and oxygen atoms in total. The van der Waals surface area contributed by atoms with Crippen LogP contribution in [0.3, 0.4) is 0 Å². The lowest BCUT2D eigenvalue weighted by Crippen LogP contribution is -2.62. The van der Waals surface area contributed by atoms with E-state index in [-0.39, 0.29) is 22.7 Å². The van der Waals surface area contributed by atoms with Crippen LogP contribution in [0.15, 0.2) is 12.7 Å². The highest BCUT2D eigenvalue weighted by Gasteiger charge is 2.67. The summed E-state index contributed by atoms with van der Waals surface area (Å²) in [6.45, 7) is 10.3. The van der Waals surface area contributed by atoms with Crippen molar-refractivity contribution in [2.45, 2.75) is 70.4 Å². The van der Waals surface area contributed by atoms with Gasteiger partial charge in [0.15, 0.2) is 5.79 Å². The monoisotopic (exact) mass is 292 g/mol. The summed E-state index contributed by atoms with van der Waals surface area (Å²) in [5.74, 6) is 0.302. The molecule has 2 saturated heterocycles.